The molecule has 3 N–H and O–H groups in total. The third-order valence-corrected chi connectivity index (χ3v) is 4.07. The maximum Gasteiger partial charge on any atom is 0.266 e. The van der Waals surface area contributed by atoms with Crippen LogP contribution in [0.25, 0.3) is 0 Å². The Hall–Kier alpha value is -1.50. The molecule has 0 aromatic carbocycles. The van der Waals surface area contributed by atoms with Crippen molar-refractivity contribution in [2.75, 3.05) is 26.2 Å². The number of nitrogen functional groups attached to an aromatic ring is 1. The summed E-state index contributed by atoms with van der Waals surface area (Å²) >= 11 is 0. The lowest BCUT2D eigenvalue weighted by Crippen LogP contribution is -2.46. The molecule has 1 aliphatic heterocycles. The average molecular weight is 275 g/mol. The summed E-state index contributed by atoms with van der Waals surface area (Å²) in [6, 6.07) is 4.53. The molecule has 3 rings (SSSR count). The first-order valence-electron chi connectivity index (χ1n) is 7.18. The summed E-state index contributed by atoms with van der Waals surface area (Å²) in [6.45, 7) is 5.38. The monoisotopic (exact) mass is 275 g/mol. The van der Waals surface area contributed by atoms with Crippen LogP contribution in [0.5, 0.6) is 0 Å². The van der Waals surface area contributed by atoms with E-state index in [0.29, 0.717) is 5.56 Å². The smallest absolute Gasteiger partial charge is 0.266 e. The van der Waals surface area contributed by atoms with Gasteiger partial charge >= 0.3 is 0 Å². The second kappa shape index (κ2) is 5.87. The summed E-state index contributed by atoms with van der Waals surface area (Å²) < 4.78 is 0. The van der Waals surface area contributed by atoms with Crippen molar-refractivity contribution < 1.29 is 4.79 Å². The molecular formula is C14H21N5O. The third kappa shape index (κ3) is 3.15. The normalized spacial score (nSPS) is 20.9. The van der Waals surface area contributed by atoms with Crippen molar-refractivity contribution in [1.29, 1.82) is 0 Å². The first-order valence-corrected chi connectivity index (χ1v) is 7.18. The highest BCUT2D eigenvalue weighted by molar-refractivity contribution is 5.93. The predicted octanol–water partition coefficient (Wildman–Crippen LogP) is -0.0349. The number of hydrogen-bond donors (Lipinski definition) is 2. The number of aromatic nitrogens is 1. The number of hydrazine groups is 1. The van der Waals surface area contributed by atoms with E-state index < -0.39 is 0 Å². The number of nitrogens with two attached hydrogens (primary N) is 1. The lowest BCUT2D eigenvalue weighted by molar-refractivity contribution is 0.0953. The number of carbonyl (C=O) groups is 1. The fourth-order valence-electron chi connectivity index (χ4n) is 2.69. The van der Waals surface area contributed by atoms with Crippen LogP contribution in [0, 0.1) is 0 Å². The van der Waals surface area contributed by atoms with Crippen LogP contribution in [-0.2, 0) is 6.54 Å². The molecule has 0 radical (unpaired) electrons. The minimum absolute atomic E-state index is 0.304. The van der Waals surface area contributed by atoms with Crippen molar-refractivity contribution in [1.82, 2.24) is 20.2 Å². The Kier molecular flexibility index (Phi) is 3.95. The van der Waals surface area contributed by atoms with Crippen molar-refractivity contribution in [2.45, 2.75) is 25.4 Å². The zero-order valence-corrected chi connectivity index (χ0v) is 11.6. The Labute approximate surface area is 118 Å². The van der Waals surface area contributed by atoms with Gasteiger partial charge < -0.3 is 0 Å². The largest absolute Gasteiger partial charge is 0.298 e. The molecule has 0 atom stereocenters. The van der Waals surface area contributed by atoms with Crippen LogP contribution < -0.4 is 11.3 Å². The first-order chi connectivity index (χ1) is 9.76. The minimum atomic E-state index is -0.304. The second-order valence-electron chi connectivity index (χ2n) is 5.55. The Morgan fingerprint density at radius 3 is 2.60 bits per heavy atom. The van der Waals surface area contributed by atoms with Crippen LogP contribution in [0.1, 0.15) is 28.9 Å². The van der Waals surface area contributed by atoms with E-state index in [9.17, 15) is 4.79 Å². The standard InChI is InChI=1S/C14H21N5O/c15-17-14(20)11-1-2-12(16-9-11)10-18-5-7-19(8-6-18)13-3-4-13/h1-2,9,13H,3-8,10,15H2,(H,17,20). The topological polar surface area (TPSA) is 74.5 Å². The van der Waals surface area contributed by atoms with E-state index in [1.54, 1.807) is 12.3 Å². The van der Waals surface area contributed by atoms with Gasteiger partial charge in [0.25, 0.3) is 5.91 Å². The molecule has 2 heterocycles. The van der Waals surface area contributed by atoms with Crippen LogP contribution >= 0.6 is 0 Å². The van der Waals surface area contributed by atoms with Gasteiger partial charge in [-0.05, 0) is 25.0 Å². The van der Waals surface area contributed by atoms with E-state index in [1.165, 1.54) is 25.9 Å². The Bertz CT molecular complexity index is 463. The number of piperazine rings is 1. The SMILES string of the molecule is NNC(=O)c1ccc(CN2CCN(C3CC3)CC2)nc1. The number of hydrogen-bond acceptors (Lipinski definition) is 5. The third-order valence-electron chi connectivity index (χ3n) is 4.07. The molecule has 6 heteroatoms. The summed E-state index contributed by atoms with van der Waals surface area (Å²) in [5.74, 6) is 4.79. The van der Waals surface area contributed by atoms with Crippen molar-refractivity contribution in [2.24, 2.45) is 5.84 Å². The second-order valence-corrected chi connectivity index (χ2v) is 5.55. The highest BCUT2D eigenvalue weighted by Crippen LogP contribution is 2.27. The van der Waals surface area contributed by atoms with Crippen molar-refractivity contribution in [3.05, 3.63) is 29.6 Å². The fourth-order valence-corrected chi connectivity index (χ4v) is 2.69. The summed E-state index contributed by atoms with van der Waals surface area (Å²) in [5.41, 5.74) is 3.60. The molecule has 6 nitrogen and oxygen atoms in total. The molecule has 1 aromatic heterocycles. The summed E-state index contributed by atoms with van der Waals surface area (Å²) in [4.78, 5) is 20.7. The zero-order valence-electron chi connectivity index (χ0n) is 11.6. The molecule has 2 fully saturated rings. The van der Waals surface area contributed by atoms with Crippen LogP contribution in [0.2, 0.25) is 0 Å². The number of rotatable bonds is 4. The Morgan fingerprint density at radius 1 is 1.30 bits per heavy atom. The molecule has 1 saturated heterocycles. The molecule has 108 valence electrons. The molecule has 1 saturated carbocycles. The van der Waals surface area contributed by atoms with Crippen LogP contribution in [0.15, 0.2) is 18.3 Å². The van der Waals surface area contributed by atoms with Crippen LogP contribution in [0.3, 0.4) is 0 Å². The molecule has 1 aliphatic carbocycles. The predicted molar refractivity (Wildman–Crippen MR) is 75.8 cm³/mol. The van der Waals surface area contributed by atoms with Gasteiger partial charge in [0.15, 0.2) is 0 Å². The highest BCUT2D eigenvalue weighted by Gasteiger charge is 2.31. The van der Waals surface area contributed by atoms with Crippen molar-refractivity contribution >= 4 is 5.91 Å². The molecule has 1 aromatic rings. The van der Waals surface area contributed by atoms with Crippen molar-refractivity contribution in [3.63, 3.8) is 0 Å². The van der Waals surface area contributed by atoms with E-state index in [4.69, 9.17) is 5.84 Å². The van der Waals surface area contributed by atoms with E-state index in [2.05, 4.69) is 20.2 Å². The number of amides is 1. The molecule has 0 spiro atoms. The van der Waals surface area contributed by atoms with Gasteiger partial charge in [0.2, 0.25) is 0 Å². The lowest BCUT2D eigenvalue weighted by Gasteiger charge is -2.34. The van der Waals surface area contributed by atoms with E-state index in [0.717, 1.165) is 31.4 Å². The van der Waals surface area contributed by atoms with Crippen molar-refractivity contribution in [3.8, 4) is 0 Å². The summed E-state index contributed by atoms with van der Waals surface area (Å²) in [6.07, 6.45) is 4.34. The maximum atomic E-state index is 11.3. The Morgan fingerprint density at radius 2 is 2.05 bits per heavy atom. The minimum Gasteiger partial charge on any atom is -0.298 e. The van der Waals surface area contributed by atoms with Crippen LogP contribution in [-0.4, -0.2) is 52.9 Å². The summed E-state index contributed by atoms with van der Waals surface area (Å²) in [5, 5.41) is 0. The highest BCUT2D eigenvalue weighted by atomic mass is 16.2. The molecule has 0 bridgehead atoms. The maximum absolute atomic E-state index is 11.3. The van der Waals surface area contributed by atoms with Gasteiger partial charge in [0.1, 0.15) is 0 Å². The molecule has 2 aliphatic rings. The van der Waals surface area contributed by atoms with E-state index >= 15 is 0 Å². The van der Waals surface area contributed by atoms with Gasteiger partial charge in [-0.25, -0.2) is 5.84 Å². The zero-order chi connectivity index (χ0) is 13.9. The summed E-state index contributed by atoms with van der Waals surface area (Å²) in [7, 11) is 0. The van der Waals surface area contributed by atoms with E-state index in [1.807, 2.05) is 6.07 Å². The first kappa shape index (κ1) is 13.5. The fraction of sp³-hybridized carbons (Fsp3) is 0.571. The average Bonchev–Trinajstić information content (AvgIpc) is 3.33. The van der Waals surface area contributed by atoms with Gasteiger partial charge in [0.05, 0.1) is 11.3 Å². The number of nitrogens with one attached hydrogen (secondary N) is 1. The lowest BCUT2D eigenvalue weighted by atomic mass is 10.2. The van der Waals surface area contributed by atoms with Gasteiger partial charge in [-0.2, -0.15) is 0 Å². The number of pyridine rings is 1. The quantitative estimate of drug-likeness (QED) is 0.458. The number of carbonyl (C=O) groups excluding carboxylic acids is 1. The van der Waals surface area contributed by atoms with Gasteiger partial charge in [0, 0.05) is 45.0 Å². The molecular weight excluding hydrogens is 254 g/mol. The number of nitrogens with zero attached hydrogens (tertiary/aromatic N) is 3. The van der Waals surface area contributed by atoms with E-state index in [-0.39, 0.29) is 5.91 Å². The van der Waals surface area contributed by atoms with Crippen LogP contribution in [0.4, 0.5) is 0 Å². The Balaban J connectivity index is 1.51. The molecule has 20 heavy (non-hydrogen) atoms. The van der Waals surface area contributed by atoms with Gasteiger partial charge in [-0.3, -0.25) is 25.0 Å². The molecule has 1 amide bonds. The van der Waals surface area contributed by atoms with Gasteiger partial charge in [-0.15, -0.1) is 0 Å². The van der Waals surface area contributed by atoms with Gasteiger partial charge in [-0.1, -0.05) is 0 Å². The molecule has 0 unspecified atom stereocenters.